The average Bonchev–Trinajstić information content (AvgIpc) is 3.23. The van der Waals surface area contributed by atoms with Gasteiger partial charge in [0.1, 0.15) is 12.2 Å². The minimum Gasteiger partial charge on any atom is -0.383 e. The number of nitrogens with one attached hydrogen (secondary N) is 2. The van der Waals surface area contributed by atoms with Crippen molar-refractivity contribution >= 4 is 23.2 Å². The van der Waals surface area contributed by atoms with Gasteiger partial charge in [0.2, 0.25) is 11.6 Å². The van der Waals surface area contributed by atoms with E-state index in [4.69, 9.17) is 4.74 Å². The van der Waals surface area contributed by atoms with Crippen LogP contribution in [0.3, 0.4) is 0 Å². The Morgan fingerprint density at radius 3 is 2.52 bits per heavy atom. The molecule has 0 bridgehead atoms. The first-order valence-corrected chi connectivity index (χ1v) is 8.93. The van der Waals surface area contributed by atoms with E-state index in [0.717, 1.165) is 6.92 Å². The molecule has 2 heterocycles. The van der Waals surface area contributed by atoms with E-state index >= 15 is 0 Å². The number of nitro groups is 1. The van der Waals surface area contributed by atoms with Gasteiger partial charge in [0.15, 0.2) is 5.69 Å². The van der Waals surface area contributed by atoms with Crippen molar-refractivity contribution in [1.82, 2.24) is 24.9 Å². The van der Waals surface area contributed by atoms with Crippen molar-refractivity contribution in [2.75, 3.05) is 25.6 Å². The normalized spacial score (nSPS) is 11.4. The van der Waals surface area contributed by atoms with Crippen molar-refractivity contribution in [3.8, 4) is 0 Å². The van der Waals surface area contributed by atoms with Crippen molar-refractivity contribution in [2.45, 2.75) is 33.1 Å². The molecule has 0 saturated carbocycles. The molecule has 170 valence electrons. The van der Waals surface area contributed by atoms with E-state index in [0.29, 0.717) is 11.2 Å². The standard InChI is InChI=1S/C16H20F3N7O5/c1-4-24-7-10(12(22-24)15(28)20-5-6-31-3)21-11(27)8-25-9(2)13(26(29)30)14(23-25)16(17,18)19/h7H,4-6,8H2,1-3H3,(H,20,28)(H,21,27). The van der Waals surface area contributed by atoms with E-state index in [-0.39, 0.29) is 24.5 Å². The van der Waals surface area contributed by atoms with Gasteiger partial charge in [0, 0.05) is 26.4 Å². The van der Waals surface area contributed by atoms with E-state index in [2.05, 4.69) is 20.8 Å². The Morgan fingerprint density at radius 1 is 1.32 bits per heavy atom. The van der Waals surface area contributed by atoms with Gasteiger partial charge in [-0.2, -0.15) is 23.4 Å². The number of carbonyl (C=O) groups excluding carboxylic acids is 2. The van der Waals surface area contributed by atoms with Crippen molar-refractivity contribution in [1.29, 1.82) is 0 Å². The van der Waals surface area contributed by atoms with Crippen molar-refractivity contribution in [3.63, 3.8) is 0 Å². The molecule has 15 heteroatoms. The second-order valence-electron chi connectivity index (χ2n) is 6.24. The lowest BCUT2D eigenvalue weighted by molar-refractivity contribution is -0.388. The molecule has 0 radical (unpaired) electrons. The van der Waals surface area contributed by atoms with Gasteiger partial charge in [-0.3, -0.25) is 29.1 Å². The Hall–Kier alpha value is -3.49. The zero-order chi connectivity index (χ0) is 23.3. The quantitative estimate of drug-likeness (QED) is 0.335. The van der Waals surface area contributed by atoms with Crippen LogP contribution in [0.1, 0.15) is 28.8 Å². The van der Waals surface area contributed by atoms with Gasteiger partial charge in [0.25, 0.3) is 5.91 Å². The first kappa shape index (κ1) is 23.8. The lowest BCUT2D eigenvalue weighted by Gasteiger charge is -2.07. The van der Waals surface area contributed by atoms with Gasteiger partial charge in [-0.05, 0) is 13.8 Å². The first-order chi connectivity index (χ1) is 14.5. The molecule has 2 amide bonds. The Kier molecular flexibility index (Phi) is 7.32. The Morgan fingerprint density at radius 2 is 2.00 bits per heavy atom. The maximum Gasteiger partial charge on any atom is 0.442 e. The predicted molar refractivity (Wildman–Crippen MR) is 99.4 cm³/mol. The summed E-state index contributed by atoms with van der Waals surface area (Å²) >= 11 is 0. The fourth-order valence-corrected chi connectivity index (χ4v) is 2.62. The summed E-state index contributed by atoms with van der Waals surface area (Å²) in [7, 11) is 1.45. The highest BCUT2D eigenvalue weighted by atomic mass is 19.4. The second-order valence-corrected chi connectivity index (χ2v) is 6.24. The van der Waals surface area contributed by atoms with Crippen molar-refractivity contribution in [3.05, 3.63) is 33.4 Å². The lowest BCUT2D eigenvalue weighted by Crippen LogP contribution is -2.29. The number of amides is 2. The summed E-state index contributed by atoms with van der Waals surface area (Å²) < 4.78 is 46.0. The average molecular weight is 447 g/mol. The number of aryl methyl sites for hydroxylation is 1. The molecule has 0 aromatic carbocycles. The number of halogens is 3. The first-order valence-electron chi connectivity index (χ1n) is 8.93. The Balaban J connectivity index is 2.24. The number of hydrogen-bond acceptors (Lipinski definition) is 7. The van der Waals surface area contributed by atoms with E-state index in [1.165, 1.54) is 18.0 Å². The highest BCUT2D eigenvalue weighted by molar-refractivity contribution is 6.02. The molecule has 0 fully saturated rings. The third kappa shape index (κ3) is 5.56. The SMILES string of the molecule is CCn1cc(NC(=O)Cn2nc(C(F)(F)F)c([N+](=O)[O-])c2C)c(C(=O)NCCOC)n1. The minimum absolute atomic E-state index is 0.0251. The zero-order valence-corrected chi connectivity index (χ0v) is 16.8. The zero-order valence-electron chi connectivity index (χ0n) is 16.8. The van der Waals surface area contributed by atoms with Crippen LogP contribution in [0, 0.1) is 17.0 Å². The molecule has 31 heavy (non-hydrogen) atoms. The molecular formula is C16H20F3N7O5. The molecule has 0 aliphatic heterocycles. The number of rotatable bonds is 9. The Labute approximate surface area is 173 Å². The van der Waals surface area contributed by atoms with Crippen LogP contribution >= 0.6 is 0 Å². The third-order valence-corrected chi connectivity index (χ3v) is 4.09. The van der Waals surface area contributed by atoms with E-state index in [9.17, 15) is 32.9 Å². The molecule has 0 aliphatic rings. The number of carbonyl (C=O) groups is 2. The highest BCUT2D eigenvalue weighted by Crippen LogP contribution is 2.36. The summed E-state index contributed by atoms with van der Waals surface area (Å²) in [4.78, 5) is 34.5. The summed E-state index contributed by atoms with van der Waals surface area (Å²) in [6, 6.07) is 0. The van der Waals surface area contributed by atoms with Gasteiger partial charge < -0.3 is 15.4 Å². The topological polar surface area (TPSA) is 146 Å². The smallest absolute Gasteiger partial charge is 0.383 e. The molecule has 0 atom stereocenters. The second kappa shape index (κ2) is 9.55. The Bertz CT molecular complexity index is 983. The predicted octanol–water partition coefficient (Wildman–Crippen LogP) is 1.35. The number of aromatic nitrogens is 4. The van der Waals surface area contributed by atoms with Gasteiger partial charge in [-0.25, -0.2) is 0 Å². The van der Waals surface area contributed by atoms with Crippen LogP contribution in [0.25, 0.3) is 0 Å². The van der Waals surface area contributed by atoms with E-state index in [1.807, 2.05) is 0 Å². The number of nitrogens with zero attached hydrogens (tertiary/aromatic N) is 5. The molecule has 2 aromatic heterocycles. The molecule has 2 rings (SSSR count). The fourth-order valence-electron chi connectivity index (χ4n) is 2.62. The van der Waals surface area contributed by atoms with Crippen LogP contribution in [0.2, 0.25) is 0 Å². The van der Waals surface area contributed by atoms with Crippen LogP contribution in [0.5, 0.6) is 0 Å². The third-order valence-electron chi connectivity index (χ3n) is 4.09. The number of anilines is 1. The maximum absolute atomic E-state index is 13.1. The molecule has 0 unspecified atom stereocenters. The van der Waals surface area contributed by atoms with Gasteiger partial charge >= 0.3 is 11.9 Å². The number of alkyl halides is 3. The summed E-state index contributed by atoms with van der Waals surface area (Å²) in [6.45, 7) is 2.88. The van der Waals surface area contributed by atoms with Crippen molar-refractivity contribution in [2.24, 2.45) is 0 Å². The fraction of sp³-hybridized carbons (Fsp3) is 0.500. The molecule has 12 nitrogen and oxygen atoms in total. The molecule has 2 aromatic rings. The molecule has 2 N–H and O–H groups in total. The summed E-state index contributed by atoms with van der Waals surface area (Å²) in [5, 5.41) is 23.2. The summed E-state index contributed by atoms with van der Waals surface area (Å²) in [6.07, 6.45) is -3.69. The monoisotopic (exact) mass is 447 g/mol. The maximum atomic E-state index is 13.1. The molecular weight excluding hydrogens is 427 g/mol. The van der Waals surface area contributed by atoms with Gasteiger partial charge in [-0.1, -0.05) is 0 Å². The van der Waals surface area contributed by atoms with Gasteiger partial charge in [0.05, 0.1) is 17.2 Å². The van der Waals surface area contributed by atoms with Crippen molar-refractivity contribution < 1.29 is 32.4 Å². The summed E-state index contributed by atoms with van der Waals surface area (Å²) in [5.41, 5.74) is -3.44. The lowest BCUT2D eigenvalue weighted by atomic mass is 10.3. The molecule has 0 aliphatic carbocycles. The minimum atomic E-state index is -5.06. The van der Waals surface area contributed by atoms with Crippen LogP contribution < -0.4 is 10.6 Å². The van der Waals surface area contributed by atoms with Crippen LogP contribution in [0.15, 0.2) is 6.20 Å². The highest BCUT2D eigenvalue weighted by Gasteiger charge is 2.44. The molecule has 0 saturated heterocycles. The van der Waals surface area contributed by atoms with Crippen LogP contribution in [-0.2, 0) is 28.8 Å². The number of hydrogen-bond donors (Lipinski definition) is 2. The largest absolute Gasteiger partial charge is 0.442 e. The van der Waals surface area contributed by atoms with Crippen LogP contribution in [0.4, 0.5) is 24.5 Å². The number of ether oxygens (including phenoxy) is 1. The summed E-state index contributed by atoms with van der Waals surface area (Å²) in [5.74, 6) is -1.44. The van der Waals surface area contributed by atoms with Crippen LogP contribution in [-0.4, -0.2) is 56.6 Å². The molecule has 0 spiro atoms. The number of methoxy groups -OCH3 is 1. The van der Waals surface area contributed by atoms with E-state index in [1.54, 1.807) is 6.92 Å². The van der Waals surface area contributed by atoms with E-state index < -0.39 is 46.5 Å². The van der Waals surface area contributed by atoms with Gasteiger partial charge in [-0.15, -0.1) is 0 Å².